The van der Waals surface area contributed by atoms with E-state index in [0.29, 0.717) is 5.02 Å². The third kappa shape index (κ3) is 2.17. The molecule has 0 aliphatic carbocycles. The number of aryl methyl sites for hydroxylation is 1. The van der Waals surface area contributed by atoms with E-state index in [0.717, 1.165) is 31.6 Å². The van der Waals surface area contributed by atoms with Crippen molar-refractivity contribution in [3.8, 4) is 0 Å². The molecule has 5 heteroatoms. The van der Waals surface area contributed by atoms with Crippen LogP contribution in [0.4, 0.5) is 0 Å². The summed E-state index contributed by atoms with van der Waals surface area (Å²) in [6, 6.07) is 0. The molecule has 1 saturated heterocycles. The van der Waals surface area contributed by atoms with Gasteiger partial charge in [0, 0.05) is 19.5 Å². The van der Waals surface area contributed by atoms with Crippen LogP contribution in [-0.4, -0.2) is 28.0 Å². The number of rotatable bonds is 2. The molecule has 2 unspecified atom stereocenters. The Morgan fingerprint density at radius 3 is 3.07 bits per heavy atom. The van der Waals surface area contributed by atoms with Gasteiger partial charge >= 0.3 is 0 Å². The van der Waals surface area contributed by atoms with Gasteiger partial charge in [-0.25, -0.2) is 0 Å². The van der Waals surface area contributed by atoms with Crippen LogP contribution in [0.1, 0.15) is 24.6 Å². The molecule has 0 spiro atoms. The minimum atomic E-state index is -0.516. The van der Waals surface area contributed by atoms with Crippen molar-refractivity contribution in [1.82, 2.24) is 15.1 Å². The predicted molar refractivity (Wildman–Crippen MR) is 58.8 cm³/mol. The van der Waals surface area contributed by atoms with E-state index in [2.05, 4.69) is 10.4 Å². The third-order valence-corrected chi connectivity index (χ3v) is 3.29. The van der Waals surface area contributed by atoms with Crippen LogP contribution in [-0.2, 0) is 7.05 Å². The van der Waals surface area contributed by atoms with Gasteiger partial charge in [-0.3, -0.25) is 4.68 Å². The van der Waals surface area contributed by atoms with Crippen molar-refractivity contribution in [2.24, 2.45) is 13.0 Å². The quantitative estimate of drug-likeness (QED) is 0.799. The summed E-state index contributed by atoms with van der Waals surface area (Å²) in [5.74, 6) is 0.242. The Morgan fingerprint density at radius 1 is 1.73 bits per heavy atom. The number of hydrogen-bond acceptors (Lipinski definition) is 3. The van der Waals surface area contributed by atoms with Crippen molar-refractivity contribution in [1.29, 1.82) is 0 Å². The molecule has 4 nitrogen and oxygen atoms in total. The number of halogens is 1. The number of piperidine rings is 1. The molecule has 84 valence electrons. The lowest BCUT2D eigenvalue weighted by Crippen LogP contribution is -2.33. The fourth-order valence-corrected chi connectivity index (χ4v) is 2.40. The second kappa shape index (κ2) is 4.51. The molecule has 2 heterocycles. The number of aliphatic hydroxyl groups is 1. The molecule has 0 bridgehead atoms. The Labute approximate surface area is 94.2 Å². The summed E-state index contributed by atoms with van der Waals surface area (Å²) in [5.41, 5.74) is 0.727. The molecule has 0 amide bonds. The van der Waals surface area contributed by atoms with E-state index in [-0.39, 0.29) is 5.92 Å². The van der Waals surface area contributed by atoms with Gasteiger partial charge in [-0.1, -0.05) is 11.6 Å². The molecule has 1 aliphatic rings. The van der Waals surface area contributed by atoms with Gasteiger partial charge in [-0.2, -0.15) is 5.10 Å². The molecular formula is C10H16ClN3O. The topological polar surface area (TPSA) is 50.1 Å². The Hall–Kier alpha value is -0.580. The highest BCUT2D eigenvalue weighted by Crippen LogP contribution is 2.30. The van der Waals surface area contributed by atoms with Gasteiger partial charge in [0.05, 0.1) is 16.9 Å². The molecule has 0 aromatic carbocycles. The van der Waals surface area contributed by atoms with E-state index < -0.39 is 6.10 Å². The van der Waals surface area contributed by atoms with E-state index in [1.165, 1.54) is 0 Å². The zero-order valence-corrected chi connectivity index (χ0v) is 9.54. The van der Waals surface area contributed by atoms with Crippen molar-refractivity contribution >= 4 is 11.6 Å². The highest BCUT2D eigenvalue weighted by atomic mass is 35.5. The van der Waals surface area contributed by atoms with Crippen LogP contribution in [0, 0.1) is 5.92 Å². The number of hydrogen-bond donors (Lipinski definition) is 2. The van der Waals surface area contributed by atoms with Crippen molar-refractivity contribution in [3.63, 3.8) is 0 Å². The maximum Gasteiger partial charge on any atom is 0.101 e. The van der Waals surface area contributed by atoms with Crippen molar-refractivity contribution in [2.45, 2.75) is 18.9 Å². The van der Waals surface area contributed by atoms with Crippen LogP contribution in [0.25, 0.3) is 0 Å². The van der Waals surface area contributed by atoms with E-state index in [1.54, 1.807) is 17.9 Å². The van der Waals surface area contributed by atoms with Gasteiger partial charge in [0.15, 0.2) is 0 Å². The van der Waals surface area contributed by atoms with Crippen LogP contribution in [0.5, 0.6) is 0 Å². The smallest absolute Gasteiger partial charge is 0.101 e. The van der Waals surface area contributed by atoms with Gasteiger partial charge in [0.25, 0.3) is 0 Å². The summed E-state index contributed by atoms with van der Waals surface area (Å²) in [7, 11) is 1.81. The maximum atomic E-state index is 10.2. The molecular weight excluding hydrogens is 214 g/mol. The fraction of sp³-hybridized carbons (Fsp3) is 0.700. The fourth-order valence-electron chi connectivity index (χ4n) is 2.12. The van der Waals surface area contributed by atoms with Crippen molar-refractivity contribution < 1.29 is 5.11 Å². The zero-order valence-electron chi connectivity index (χ0n) is 8.78. The Bertz CT molecular complexity index is 314. The Morgan fingerprint density at radius 2 is 2.53 bits per heavy atom. The van der Waals surface area contributed by atoms with Gasteiger partial charge in [-0.15, -0.1) is 0 Å². The maximum absolute atomic E-state index is 10.2. The van der Waals surface area contributed by atoms with Crippen LogP contribution in [0.3, 0.4) is 0 Å². The summed E-state index contributed by atoms with van der Waals surface area (Å²) in [6.45, 7) is 1.89. The number of nitrogens with one attached hydrogen (secondary N) is 1. The van der Waals surface area contributed by atoms with E-state index in [9.17, 15) is 5.11 Å². The highest BCUT2D eigenvalue weighted by Gasteiger charge is 2.26. The SMILES string of the molecule is Cn1ncc(Cl)c1C(O)C1CCCNC1. The van der Waals surface area contributed by atoms with Crippen LogP contribution < -0.4 is 5.32 Å². The monoisotopic (exact) mass is 229 g/mol. The molecule has 1 aromatic rings. The second-order valence-electron chi connectivity index (χ2n) is 4.05. The summed E-state index contributed by atoms with van der Waals surface area (Å²) >= 11 is 6.00. The van der Waals surface area contributed by atoms with Gasteiger partial charge in [0.2, 0.25) is 0 Å². The average Bonchev–Trinajstić information content (AvgIpc) is 2.59. The first-order valence-electron chi connectivity index (χ1n) is 5.26. The number of aliphatic hydroxyl groups excluding tert-OH is 1. The first kappa shape index (κ1) is 10.9. The standard InChI is InChI=1S/C10H16ClN3O/c1-14-9(8(11)6-13-14)10(15)7-3-2-4-12-5-7/h6-7,10,12,15H,2-5H2,1H3. The van der Waals surface area contributed by atoms with E-state index >= 15 is 0 Å². The molecule has 1 aliphatic heterocycles. The summed E-state index contributed by atoms with van der Waals surface area (Å²) in [6.07, 6.45) is 3.21. The van der Waals surface area contributed by atoms with Crippen LogP contribution in [0.2, 0.25) is 5.02 Å². The minimum absolute atomic E-state index is 0.242. The zero-order chi connectivity index (χ0) is 10.8. The first-order valence-corrected chi connectivity index (χ1v) is 5.64. The van der Waals surface area contributed by atoms with Crippen LogP contribution >= 0.6 is 11.6 Å². The van der Waals surface area contributed by atoms with Gasteiger partial charge in [0.1, 0.15) is 6.10 Å². The molecule has 15 heavy (non-hydrogen) atoms. The average molecular weight is 230 g/mol. The molecule has 2 N–H and O–H groups in total. The molecule has 2 atom stereocenters. The van der Waals surface area contributed by atoms with Crippen molar-refractivity contribution in [2.75, 3.05) is 13.1 Å². The lowest BCUT2D eigenvalue weighted by atomic mass is 9.92. The largest absolute Gasteiger partial charge is 0.386 e. The molecule has 1 fully saturated rings. The highest BCUT2D eigenvalue weighted by molar-refractivity contribution is 6.31. The molecule has 2 rings (SSSR count). The molecule has 0 saturated carbocycles. The van der Waals surface area contributed by atoms with Crippen LogP contribution in [0.15, 0.2) is 6.20 Å². The predicted octanol–water partition coefficient (Wildman–Crippen LogP) is 1.11. The Balaban J connectivity index is 2.15. The molecule has 0 radical (unpaired) electrons. The number of aromatic nitrogens is 2. The van der Waals surface area contributed by atoms with E-state index in [4.69, 9.17) is 11.6 Å². The minimum Gasteiger partial charge on any atom is -0.386 e. The van der Waals surface area contributed by atoms with Gasteiger partial charge in [-0.05, 0) is 19.4 Å². The number of nitrogens with zero attached hydrogens (tertiary/aromatic N) is 2. The summed E-state index contributed by atoms with van der Waals surface area (Å²) in [4.78, 5) is 0. The normalized spacial score (nSPS) is 24.1. The lowest BCUT2D eigenvalue weighted by Gasteiger charge is -2.27. The summed E-state index contributed by atoms with van der Waals surface area (Å²) < 4.78 is 1.65. The van der Waals surface area contributed by atoms with Gasteiger partial charge < -0.3 is 10.4 Å². The molecule has 1 aromatic heterocycles. The lowest BCUT2D eigenvalue weighted by molar-refractivity contribution is 0.0849. The Kier molecular flexibility index (Phi) is 3.29. The van der Waals surface area contributed by atoms with Crippen molar-refractivity contribution in [3.05, 3.63) is 16.9 Å². The third-order valence-electron chi connectivity index (χ3n) is 3.00. The first-order chi connectivity index (χ1) is 7.20. The second-order valence-corrected chi connectivity index (χ2v) is 4.46. The van der Waals surface area contributed by atoms with E-state index in [1.807, 2.05) is 0 Å². The summed E-state index contributed by atoms with van der Waals surface area (Å²) in [5, 5.41) is 18.1.